The number of hydrogen-bond acceptors (Lipinski definition) is 5. The molecule has 6 heteroatoms. The van der Waals surface area contributed by atoms with Crippen LogP contribution in [0.2, 0.25) is 0 Å². The zero-order valence-electron chi connectivity index (χ0n) is 11.0. The third-order valence-electron chi connectivity index (χ3n) is 3.98. The number of rotatable bonds is 3. The van der Waals surface area contributed by atoms with Crippen LogP contribution in [0.25, 0.3) is 11.2 Å². The molecule has 3 rings (SSSR count). The molecule has 2 heterocycles. The van der Waals surface area contributed by atoms with Crippen LogP contribution >= 0.6 is 11.8 Å². The largest absolute Gasteiger partial charge is 0.341 e. The summed E-state index contributed by atoms with van der Waals surface area (Å²) < 4.78 is 0. The predicted molar refractivity (Wildman–Crippen MR) is 76.9 cm³/mol. The summed E-state index contributed by atoms with van der Waals surface area (Å²) in [6.07, 6.45) is 8.05. The molecule has 1 aliphatic rings. The molecule has 102 valence electrons. The second kappa shape index (κ2) is 5.46. The fourth-order valence-electron chi connectivity index (χ4n) is 2.72. The van der Waals surface area contributed by atoms with E-state index in [0.717, 1.165) is 28.5 Å². The van der Waals surface area contributed by atoms with Crippen molar-refractivity contribution in [2.75, 3.05) is 0 Å². The van der Waals surface area contributed by atoms with Gasteiger partial charge in [0.1, 0.15) is 16.9 Å². The quantitative estimate of drug-likeness (QED) is 0.842. The Kier molecular flexibility index (Phi) is 3.70. The van der Waals surface area contributed by atoms with Crippen LogP contribution in [0, 0.1) is 5.92 Å². The molecular weight excluding hydrogens is 258 g/mol. The average Bonchev–Trinajstić information content (AvgIpc) is 2.90. The van der Waals surface area contributed by atoms with Crippen molar-refractivity contribution in [3.8, 4) is 0 Å². The van der Waals surface area contributed by atoms with Gasteiger partial charge in [-0.3, -0.25) is 0 Å². The Bertz CT molecular complexity index is 555. The average molecular weight is 277 g/mol. The van der Waals surface area contributed by atoms with Crippen LogP contribution in [-0.4, -0.2) is 31.2 Å². The van der Waals surface area contributed by atoms with Gasteiger partial charge in [0.05, 0.1) is 6.33 Å². The smallest absolute Gasteiger partial charge is 0.181 e. The Labute approximate surface area is 116 Å². The summed E-state index contributed by atoms with van der Waals surface area (Å²) in [5, 5.41) is 1.42. The second-order valence-corrected chi connectivity index (χ2v) is 6.42. The number of hydrogen-bond donors (Lipinski definition) is 2. The summed E-state index contributed by atoms with van der Waals surface area (Å²) in [6, 6.07) is 0.265. The number of nitrogens with one attached hydrogen (secondary N) is 1. The molecule has 1 saturated carbocycles. The molecule has 1 aliphatic carbocycles. The molecule has 19 heavy (non-hydrogen) atoms. The predicted octanol–water partition coefficient (Wildman–Crippen LogP) is 2.35. The summed E-state index contributed by atoms with van der Waals surface area (Å²) in [7, 11) is 0. The number of thioether (sulfide) groups is 1. The molecule has 1 fully saturated rings. The molecule has 0 saturated heterocycles. The number of aromatic nitrogens is 4. The standard InChI is InChI=1S/C13H19N5S/c1-2-8-3-4-9(14)10(5-8)19-13-11-12(16-6-15-11)17-7-18-13/h6-10H,2-5,14H2,1H3,(H,15,16,17,18). The lowest BCUT2D eigenvalue weighted by molar-refractivity contribution is 0.327. The molecule has 0 aliphatic heterocycles. The van der Waals surface area contributed by atoms with Gasteiger partial charge in [0.15, 0.2) is 5.65 Å². The first-order valence-corrected chi connectivity index (χ1v) is 7.72. The van der Waals surface area contributed by atoms with Gasteiger partial charge in [-0.15, -0.1) is 0 Å². The maximum absolute atomic E-state index is 6.27. The minimum Gasteiger partial charge on any atom is -0.341 e. The van der Waals surface area contributed by atoms with E-state index in [2.05, 4.69) is 26.9 Å². The third-order valence-corrected chi connectivity index (χ3v) is 5.36. The number of nitrogens with two attached hydrogens (primary N) is 1. The van der Waals surface area contributed by atoms with Crippen molar-refractivity contribution in [1.29, 1.82) is 0 Å². The van der Waals surface area contributed by atoms with Crippen LogP contribution in [0.4, 0.5) is 0 Å². The normalized spacial score (nSPS) is 27.8. The van der Waals surface area contributed by atoms with Crippen molar-refractivity contribution in [2.24, 2.45) is 11.7 Å². The molecule has 0 spiro atoms. The highest BCUT2D eigenvalue weighted by molar-refractivity contribution is 8.00. The highest BCUT2D eigenvalue weighted by Crippen LogP contribution is 2.37. The van der Waals surface area contributed by atoms with Gasteiger partial charge < -0.3 is 10.7 Å². The lowest BCUT2D eigenvalue weighted by Gasteiger charge is -2.33. The van der Waals surface area contributed by atoms with Crippen molar-refractivity contribution < 1.29 is 0 Å². The van der Waals surface area contributed by atoms with Crippen LogP contribution in [-0.2, 0) is 0 Å². The zero-order valence-corrected chi connectivity index (χ0v) is 11.9. The molecule has 3 N–H and O–H groups in total. The fourth-order valence-corrected chi connectivity index (χ4v) is 4.06. The van der Waals surface area contributed by atoms with Gasteiger partial charge in [0.25, 0.3) is 0 Å². The van der Waals surface area contributed by atoms with Crippen LogP contribution in [0.15, 0.2) is 17.7 Å². The van der Waals surface area contributed by atoms with E-state index in [0.29, 0.717) is 5.25 Å². The van der Waals surface area contributed by atoms with Crippen LogP contribution in [0.5, 0.6) is 0 Å². The van der Waals surface area contributed by atoms with Gasteiger partial charge in [-0.1, -0.05) is 25.1 Å². The molecule has 3 atom stereocenters. The van der Waals surface area contributed by atoms with Gasteiger partial charge in [0.2, 0.25) is 0 Å². The van der Waals surface area contributed by atoms with E-state index >= 15 is 0 Å². The second-order valence-electron chi connectivity index (χ2n) is 5.19. The van der Waals surface area contributed by atoms with E-state index in [1.807, 2.05) is 0 Å². The number of aromatic amines is 1. The Morgan fingerprint density at radius 2 is 2.26 bits per heavy atom. The van der Waals surface area contributed by atoms with Crippen LogP contribution < -0.4 is 5.73 Å². The first kappa shape index (κ1) is 12.9. The molecule has 3 unspecified atom stereocenters. The molecule has 5 nitrogen and oxygen atoms in total. The van der Waals surface area contributed by atoms with E-state index in [1.165, 1.54) is 19.3 Å². The third kappa shape index (κ3) is 2.60. The highest BCUT2D eigenvalue weighted by Gasteiger charge is 2.29. The zero-order chi connectivity index (χ0) is 13.2. The van der Waals surface area contributed by atoms with E-state index in [-0.39, 0.29) is 6.04 Å². The monoisotopic (exact) mass is 277 g/mol. The maximum Gasteiger partial charge on any atom is 0.181 e. The Morgan fingerprint density at radius 1 is 1.37 bits per heavy atom. The number of imidazole rings is 1. The minimum atomic E-state index is 0.265. The Hall–Kier alpha value is -1.14. The summed E-state index contributed by atoms with van der Waals surface area (Å²) >= 11 is 1.78. The Morgan fingerprint density at radius 3 is 3.11 bits per heavy atom. The van der Waals surface area contributed by atoms with Crippen molar-refractivity contribution in [2.45, 2.75) is 48.9 Å². The van der Waals surface area contributed by atoms with E-state index in [1.54, 1.807) is 24.4 Å². The van der Waals surface area contributed by atoms with Crippen molar-refractivity contribution in [1.82, 2.24) is 19.9 Å². The van der Waals surface area contributed by atoms with E-state index in [4.69, 9.17) is 5.73 Å². The van der Waals surface area contributed by atoms with Gasteiger partial charge in [-0.05, 0) is 25.2 Å². The summed E-state index contributed by atoms with van der Waals surface area (Å²) in [5.74, 6) is 0.802. The Balaban J connectivity index is 1.81. The van der Waals surface area contributed by atoms with Gasteiger partial charge >= 0.3 is 0 Å². The van der Waals surface area contributed by atoms with Crippen molar-refractivity contribution in [3.63, 3.8) is 0 Å². The molecule has 0 amide bonds. The molecule has 0 radical (unpaired) electrons. The van der Waals surface area contributed by atoms with Crippen LogP contribution in [0.3, 0.4) is 0 Å². The van der Waals surface area contributed by atoms with Crippen LogP contribution in [0.1, 0.15) is 32.6 Å². The summed E-state index contributed by atoms with van der Waals surface area (Å²) in [6.45, 7) is 2.26. The van der Waals surface area contributed by atoms with Gasteiger partial charge in [-0.25, -0.2) is 15.0 Å². The first-order chi connectivity index (χ1) is 9.28. The summed E-state index contributed by atoms with van der Waals surface area (Å²) in [4.78, 5) is 15.8. The molecule has 0 bridgehead atoms. The van der Waals surface area contributed by atoms with E-state index in [9.17, 15) is 0 Å². The van der Waals surface area contributed by atoms with Gasteiger partial charge in [0, 0.05) is 11.3 Å². The number of nitrogens with zero attached hydrogens (tertiary/aromatic N) is 3. The van der Waals surface area contributed by atoms with Gasteiger partial charge in [-0.2, -0.15) is 0 Å². The molecule has 2 aromatic rings. The molecule has 0 aromatic carbocycles. The van der Waals surface area contributed by atoms with E-state index < -0.39 is 0 Å². The topological polar surface area (TPSA) is 80.5 Å². The molecule has 2 aromatic heterocycles. The highest BCUT2D eigenvalue weighted by atomic mass is 32.2. The molecular formula is C13H19N5S. The number of fused-ring (bicyclic) bond motifs is 1. The first-order valence-electron chi connectivity index (χ1n) is 6.84. The lowest BCUT2D eigenvalue weighted by Crippen LogP contribution is -2.38. The maximum atomic E-state index is 6.27. The number of H-pyrrole nitrogens is 1. The van der Waals surface area contributed by atoms with Crippen molar-refractivity contribution >= 4 is 22.9 Å². The summed E-state index contributed by atoms with van der Waals surface area (Å²) in [5.41, 5.74) is 7.93. The van der Waals surface area contributed by atoms with Crippen molar-refractivity contribution in [3.05, 3.63) is 12.7 Å². The minimum absolute atomic E-state index is 0.265. The fraction of sp³-hybridized carbons (Fsp3) is 0.615. The SMILES string of the molecule is CCC1CCC(N)C(Sc2ncnc3nc[nH]c23)C1. The lowest BCUT2D eigenvalue weighted by atomic mass is 9.84.